The van der Waals surface area contributed by atoms with Gasteiger partial charge in [-0.3, -0.25) is 9.59 Å². The maximum Gasteiger partial charge on any atom is 0.263 e. The molecule has 166 valence electrons. The number of carbonyl (C=O) groups excluding carboxylic acids is 1. The van der Waals surface area contributed by atoms with E-state index in [0.29, 0.717) is 56.0 Å². The highest BCUT2D eigenvalue weighted by molar-refractivity contribution is 5.94. The highest BCUT2D eigenvalue weighted by atomic mass is 35.5. The maximum atomic E-state index is 13.4. The zero-order chi connectivity index (χ0) is 20.7. The smallest absolute Gasteiger partial charge is 0.263 e. The van der Waals surface area contributed by atoms with Crippen LogP contribution in [0.2, 0.25) is 0 Å². The van der Waals surface area contributed by atoms with Crippen LogP contribution in [0.4, 0.5) is 0 Å². The van der Waals surface area contributed by atoms with Crippen molar-refractivity contribution in [2.45, 2.75) is 31.8 Å². The third-order valence-electron chi connectivity index (χ3n) is 6.49. The molecule has 3 aliphatic rings. The van der Waals surface area contributed by atoms with E-state index in [-0.39, 0.29) is 29.4 Å². The molecule has 5 rings (SSSR count). The number of carbonyl (C=O) groups is 1. The van der Waals surface area contributed by atoms with Gasteiger partial charge >= 0.3 is 0 Å². The molecular weight excluding hydrogens is 418 g/mol. The number of piperidine rings is 1. The third-order valence-corrected chi connectivity index (χ3v) is 6.49. The standard InChI is InChI=1S/C23H27N3O4.ClH/c1-29-20-5-2-4-16-14-25(8-3-9-30-21(16)20)22(27)18-6-7-19-17-10-15(11-24-12-17)13-26(19)23(18)28;/h2,4-7,15,17,24H,3,8-14H2,1H3;1H/t15-,17+;/m0./s1. The Balaban J connectivity index is 0.00000231. The van der Waals surface area contributed by atoms with E-state index in [0.717, 1.165) is 30.8 Å². The summed E-state index contributed by atoms with van der Waals surface area (Å²) >= 11 is 0. The molecule has 2 aromatic rings. The van der Waals surface area contributed by atoms with Crippen LogP contribution in [0.5, 0.6) is 11.5 Å². The number of benzene rings is 1. The van der Waals surface area contributed by atoms with Crippen molar-refractivity contribution >= 4 is 18.3 Å². The van der Waals surface area contributed by atoms with Gasteiger partial charge in [0.05, 0.1) is 13.7 Å². The van der Waals surface area contributed by atoms with Gasteiger partial charge in [-0.05, 0) is 43.5 Å². The SMILES string of the molecule is COc1cccc2c1OCCCN(C(=O)c1ccc3n(c1=O)C[C@@H]1CNC[C@H]3C1)C2.Cl. The minimum absolute atomic E-state index is 0. The van der Waals surface area contributed by atoms with Crippen molar-refractivity contribution in [1.29, 1.82) is 0 Å². The van der Waals surface area contributed by atoms with Crippen LogP contribution in [-0.2, 0) is 13.1 Å². The van der Waals surface area contributed by atoms with E-state index >= 15 is 0 Å². The summed E-state index contributed by atoms with van der Waals surface area (Å²) in [4.78, 5) is 28.4. The summed E-state index contributed by atoms with van der Waals surface area (Å²) in [5, 5.41) is 3.46. The van der Waals surface area contributed by atoms with Crippen molar-refractivity contribution in [3.63, 3.8) is 0 Å². The highest BCUT2D eigenvalue weighted by Crippen LogP contribution is 2.34. The largest absolute Gasteiger partial charge is 0.493 e. The number of fused-ring (bicyclic) bond motifs is 5. The van der Waals surface area contributed by atoms with E-state index < -0.39 is 0 Å². The maximum absolute atomic E-state index is 13.4. The Morgan fingerprint density at radius 2 is 2.10 bits per heavy atom. The van der Waals surface area contributed by atoms with Crippen LogP contribution in [-0.4, -0.2) is 48.7 Å². The molecule has 0 aliphatic carbocycles. The Bertz CT molecular complexity index is 1040. The molecule has 0 radical (unpaired) electrons. The number of pyridine rings is 1. The van der Waals surface area contributed by atoms with Crippen LogP contribution in [0.3, 0.4) is 0 Å². The summed E-state index contributed by atoms with van der Waals surface area (Å²) in [6.07, 6.45) is 1.82. The summed E-state index contributed by atoms with van der Waals surface area (Å²) in [5.41, 5.74) is 2.05. The van der Waals surface area contributed by atoms with Crippen LogP contribution in [0.15, 0.2) is 35.1 Å². The minimum atomic E-state index is -0.208. The van der Waals surface area contributed by atoms with E-state index in [4.69, 9.17) is 9.47 Å². The molecule has 1 N–H and O–H groups in total. The average Bonchev–Trinajstić information content (AvgIpc) is 2.74. The Kier molecular flexibility index (Phi) is 6.25. The number of rotatable bonds is 2. The number of para-hydroxylation sites is 1. The first-order valence-corrected chi connectivity index (χ1v) is 10.7. The number of methoxy groups -OCH3 is 1. The fourth-order valence-electron chi connectivity index (χ4n) is 5.02. The molecule has 1 saturated heterocycles. The van der Waals surface area contributed by atoms with Gasteiger partial charge in [-0.2, -0.15) is 0 Å². The third kappa shape index (κ3) is 3.92. The summed E-state index contributed by atoms with van der Waals surface area (Å²) in [6, 6.07) is 9.40. The molecule has 1 fully saturated rings. The van der Waals surface area contributed by atoms with Gasteiger partial charge in [-0.1, -0.05) is 12.1 Å². The molecular formula is C23H28ClN3O4. The van der Waals surface area contributed by atoms with Gasteiger partial charge in [0.15, 0.2) is 11.5 Å². The predicted octanol–water partition coefficient (Wildman–Crippen LogP) is 2.41. The average molecular weight is 446 g/mol. The first kappa shape index (κ1) is 21.7. The van der Waals surface area contributed by atoms with E-state index in [1.54, 1.807) is 18.1 Å². The summed E-state index contributed by atoms with van der Waals surface area (Å²) in [5.74, 6) is 1.95. The van der Waals surface area contributed by atoms with Gasteiger partial charge in [0.1, 0.15) is 5.56 Å². The number of ether oxygens (including phenoxy) is 2. The van der Waals surface area contributed by atoms with E-state index in [2.05, 4.69) is 5.32 Å². The topological polar surface area (TPSA) is 72.8 Å². The number of hydrogen-bond donors (Lipinski definition) is 1. The number of aromatic nitrogens is 1. The second kappa shape index (κ2) is 8.93. The molecule has 0 spiro atoms. The van der Waals surface area contributed by atoms with Crippen molar-refractivity contribution in [3.8, 4) is 11.5 Å². The zero-order valence-electron chi connectivity index (χ0n) is 17.6. The van der Waals surface area contributed by atoms with Crippen LogP contribution in [0.25, 0.3) is 0 Å². The molecule has 1 aromatic heterocycles. The Morgan fingerprint density at radius 1 is 1.23 bits per heavy atom. The molecule has 2 atom stereocenters. The van der Waals surface area contributed by atoms with Crippen LogP contribution >= 0.6 is 12.4 Å². The minimum Gasteiger partial charge on any atom is -0.493 e. The number of hydrogen-bond acceptors (Lipinski definition) is 5. The number of nitrogens with zero attached hydrogens (tertiary/aromatic N) is 2. The summed E-state index contributed by atoms with van der Waals surface area (Å²) < 4.78 is 13.2. The van der Waals surface area contributed by atoms with Crippen LogP contribution in [0.1, 0.15) is 40.4 Å². The summed E-state index contributed by atoms with van der Waals surface area (Å²) in [7, 11) is 1.61. The fraction of sp³-hybridized carbons (Fsp3) is 0.478. The second-order valence-corrected chi connectivity index (χ2v) is 8.42. The van der Waals surface area contributed by atoms with Gasteiger partial charge in [-0.15, -0.1) is 12.4 Å². The van der Waals surface area contributed by atoms with Crippen LogP contribution < -0.4 is 20.3 Å². The summed E-state index contributed by atoms with van der Waals surface area (Å²) in [6.45, 7) is 3.95. The van der Waals surface area contributed by atoms with Gasteiger partial charge in [0.2, 0.25) is 0 Å². The van der Waals surface area contributed by atoms with E-state index in [1.807, 2.05) is 28.8 Å². The molecule has 7 nitrogen and oxygen atoms in total. The van der Waals surface area contributed by atoms with Gasteiger partial charge in [-0.25, -0.2) is 0 Å². The lowest BCUT2D eigenvalue weighted by Crippen LogP contribution is -2.46. The lowest BCUT2D eigenvalue weighted by atomic mass is 9.84. The molecule has 1 aromatic carbocycles. The number of nitrogens with one attached hydrogen (secondary N) is 1. The zero-order valence-corrected chi connectivity index (χ0v) is 18.5. The first-order chi connectivity index (χ1) is 14.7. The Hall–Kier alpha value is -2.51. The van der Waals surface area contributed by atoms with Crippen molar-refractivity contribution in [1.82, 2.24) is 14.8 Å². The van der Waals surface area contributed by atoms with Gasteiger partial charge in [0, 0.05) is 43.4 Å². The lowest BCUT2D eigenvalue weighted by Gasteiger charge is -2.37. The van der Waals surface area contributed by atoms with Crippen molar-refractivity contribution < 1.29 is 14.3 Å². The molecule has 0 unspecified atom stereocenters. The predicted molar refractivity (Wildman–Crippen MR) is 120 cm³/mol. The van der Waals surface area contributed by atoms with E-state index in [1.165, 1.54) is 0 Å². The Labute approximate surface area is 187 Å². The molecule has 3 aliphatic heterocycles. The Morgan fingerprint density at radius 3 is 2.94 bits per heavy atom. The molecule has 4 heterocycles. The molecule has 8 heteroatoms. The number of amides is 1. The fourth-order valence-corrected chi connectivity index (χ4v) is 5.02. The normalized spacial score (nSPS) is 22.0. The van der Waals surface area contributed by atoms with E-state index in [9.17, 15) is 9.59 Å². The number of halogens is 1. The quantitative estimate of drug-likeness (QED) is 0.768. The first-order valence-electron chi connectivity index (χ1n) is 10.7. The molecule has 0 saturated carbocycles. The van der Waals surface area contributed by atoms with Crippen molar-refractivity contribution in [2.75, 3.05) is 33.4 Å². The monoisotopic (exact) mass is 445 g/mol. The van der Waals surface area contributed by atoms with Crippen LogP contribution in [0, 0.1) is 5.92 Å². The van der Waals surface area contributed by atoms with Gasteiger partial charge in [0.25, 0.3) is 11.5 Å². The molecule has 2 bridgehead atoms. The van der Waals surface area contributed by atoms with Crippen molar-refractivity contribution in [3.05, 3.63) is 57.5 Å². The molecule has 1 amide bonds. The lowest BCUT2D eigenvalue weighted by molar-refractivity contribution is 0.0718. The van der Waals surface area contributed by atoms with Gasteiger partial charge < -0.3 is 24.3 Å². The highest BCUT2D eigenvalue weighted by Gasteiger charge is 2.32. The van der Waals surface area contributed by atoms with Crippen molar-refractivity contribution in [2.24, 2.45) is 5.92 Å². The molecule has 31 heavy (non-hydrogen) atoms. The second-order valence-electron chi connectivity index (χ2n) is 8.42.